The normalized spacial score (nSPS) is 15.8. The van der Waals surface area contributed by atoms with E-state index in [-0.39, 0.29) is 17.4 Å². The van der Waals surface area contributed by atoms with Crippen LogP contribution in [0.5, 0.6) is 5.75 Å². The molecule has 8 nitrogen and oxygen atoms in total. The minimum absolute atomic E-state index is 0.0738. The van der Waals surface area contributed by atoms with E-state index in [1.807, 2.05) is 12.1 Å². The second-order valence-corrected chi connectivity index (χ2v) is 8.14. The molecule has 10 heteroatoms. The highest BCUT2D eigenvalue weighted by Crippen LogP contribution is 2.24. The lowest BCUT2D eigenvalue weighted by atomic mass is 10.1. The van der Waals surface area contributed by atoms with E-state index in [4.69, 9.17) is 4.74 Å². The molecule has 0 radical (unpaired) electrons. The van der Waals surface area contributed by atoms with Crippen LogP contribution in [0.4, 0.5) is 14.7 Å². The van der Waals surface area contributed by atoms with E-state index in [2.05, 4.69) is 20.0 Å². The first-order chi connectivity index (χ1) is 16.5. The van der Waals surface area contributed by atoms with Gasteiger partial charge >= 0.3 is 6.61 Å². The number of ether oxygens (including phenoxy) is 2. The molecule has 1 fully saturated rings. The molecule has 0 saturated carbocycles. The van der Waals surface area contributed by atoms with Crippen LogP contribution in [-0.2, 0) is 18.3 Å². The molecule has 0 spiro atoms. The van der Waals surface area contributed by atoms with Crippen LogP contribution in [0, 0.1) is 0 Å². The summed E-state index contributed by atoms with van der Waals surface area (Å²) in [6.07, 6.45) is 4.40. The lowest BCUT2D eigenvalue weighted by Gasteiger charge is -2.12. The number of nitrogens with one attached hydrogen (secondary N) is 1. The largest absolute Gasteiger partial charge is 0.435 e. The standard InChI is InChI=1S/C24H23F2N5O3/c1-30-22(32)20-6-5-16(17-11-27-24(28-12-17)29-18-7-8-33-14-18)10-21(20)31(30)13-15-3-2-4-19(9-15)34-23(25)26/h2-6,9-12,18,23H,7-8,13-14H2,1H3,(H,27,28,29). The Morgan fingerprint density at radius 3 is 2.74 bits per heavy atom. The fourth-order valence-corrected chi connectivity index (χ4v) is 4.12. The third-order valence-corrected chi connectivity index (χ3v) is 5.87. The summed E-state index contributed by atoms with van der Waals surface area (Å²) in [7, 11) is 1.68. The molecule has 1 aliphatic heterocycles. The minimum Gasteiger partial charge on any atom is -0.435 e. The number of fused-ring (bicyclic) bond motifs is 1. The van der Waals surface area contributed by atoms with Crippen LogP contribution in [0.3, 0.4) is 0 Å². The van der Waals surface area contributed by atoms with Gasteiger partial charge in [-0.3, -0.25) is 14.2 Å². The lowest BCUT2D eigenvalue weighted by Crippen LogP contribution is -2.20. The van der Waals surface area contributed by atoms with Crippen molar-refractivity contribution >= 4 is 16.9 Å². The number of alkyl halides is 2. The fraction of sp³-hybridized carbons (Fsp3) is 0.292. The molecule has 4 aromatic rings. The second-order valence-electron chi connectivity index (χ2n) is 8.14. The summed E-state index contributed by atoms with van der Waals surface area (Å²) < 4.78 is 38.4. The topological polar surface area (TPSA) is 83.2 Å². The zero-order valence-electron chi connectivity index (χ0n) is 18.4. The maximum atomic E-state index is 12.8. The number of nitrogens with zero attached hydrogens (tertiary/aromatic N) is 4. The van der Waals surface area contributed by atoms with E-state index in [9.17, 15) is 13.6 Å². The zero-order valence-corrected chi connectivity index (χ0v) is 18.4. The van der Waals surface area contributed by atoms with E-state index in [0.29, 0.717) is 24.5 Å². The van der Waals surface area contributed by atoms with Crippen molar-refractivity contribution in [2.24, 2.45) is 7.05 Å². The highest BCUT2D eigenvalue weighted by atomic mass is 19.3. The molecule has 1 unspecified atom stereocenters. The minimum atomic E-state index is -2.90. The number of benzene rings is 2. The third kappa shape index (κ3) is 4.49. The number of halogens is 2. The van der Waals surface area contributed by atoms with E-state index in [1.165, 1.54) is 10.7 Å². The van der Waals surface area contributed by atoms with Gasteiger partial charge in [-0.2, -0.15) is 8.78 Å². The molecular formula is C24H23F2N5O3. The van der Waals surface area contributed by atoms with Crippen molar-refractivity contribution in [2.45, 2.75) is 25.6 Å². The van der Waals surface area contributed by atoms with Gasteiger partial charge in [-0.25, -0.2) is 9.97 Å². The predicted molar refractivity (Wildman–Crippen MR) is 123 cm³/mol. The molecule has 2 aromatic heterocycles. The Morgan fingerprint density at radius 2 is 2.00 bits per heavy atom. The van der Waals surface area contributed by atoms with E-state index >= 15 is 0 Å². The molecule has 1 saturated heterocycles. The van der Waals surface area contributed by atoms with E-state index < -0.39 is 6.61 Å². The van der Waals surface area contributed by atoms with Crippen LogP contribution in [0.25, 0.3) is 22.0 Å². The molecule has 2 aromatic carbocycles. The summed E-state index contributed by atoms with van der Waals surface area (Å²) in [5, 5.41) is 3.82. The first kappa shape index (κ1) is 22.0. The maximum absolute atomic E-state index is 12.8. The van der Waals surface area contributed by atoms with Gasteiger partial charge in [0, 0.05) is 31.6 Å². The molecule has 0 bridgehead atoms. The summed E-state index contributed by atoms with van der Waals surface area (Å²) in [6, 6.07) is 12.2. The summed E-state index contributed by atoms with van der Waals surface area (Å²) >= 11 is 0. The van der Waals surface area contributed by atoms with Gasteiger partial charge in [-0.05, 0) is 41.8 Å². The highest BCUT2D eigenvalue weighted by molar-refractivity contribution is 5.84. The fourth-order valence-electron chi connectivity index (χ4n) is 4.12. The van der Waals surface area contributed by atoms with Gasteiger partial charge in [0.15, 0.2) is 0 Å². The Hall–Kier alpha value is -3.79. The lowest BCUT2D eigenvalue weighted by molar-refractivity contribution is -0.0498. The van der Waals surface area contributed by atoms with Gasteiger partial charge in [0.1, 0.15) is 5.75 Å². The van der Waals surface area contributed by atoms with Crippen molar-refractivity contribution in [3.63, 3.8) is 0 Å². The average molecular weight is 467 g/mol. The Kier molecular flexibility index (Phi) is 5.97. The Morgan fingerprint density at radius 1 is 1.18 bits per heavy atom. The van der Waals surface area contributed by atoms with Gasteiger partial charge in [-0.15, -0.1) is 0 Å². The van der Waals surface area contributed by atoms with Crippen molar-refractivity contribution in [1.82, 2.24) is 19.3 Å². The summed E-state index contributed by atoms with van der Waals surface area (Å²) in [6.45, 7) is -1.21. The smallest absolute Gasteiger partial charge is 0.387 e. The van der Waals surface area contributed by atoms with Crippen LogP contribution < -0.4 is 15.6 Å². The van der Waals surface area contributed by atoms with Crippen molar-refractivity contribution < 1.29 is 18.3 Å². The Balaban J connectivity index is 1.45. The van der Waals surface area contributed by atoms with Gasteiger partial charge in [-0.1, -0.05) is 18.2 Å². The molecule has 1 atom stereocenters. The van der Waals surface area contributed by atoms with Crippen molar-refractivity contribution in [1.29, 1.82) is 0 Å². The second kappa shape index (κ2) is 9.22. The van der Waals surface area contributed by atoms with Crippen LogP contribution in [-0.4, -0.2) is 45.2 Å². The predicted octanol–water partition coefficient (Wildman–Crippen LogP) is 3.65. The van der Waals surface area contributed by atoms with Gasteiger partial charge in [0.05, 0.1) is 30.1 Å². The van der Waals surface area contributed by atoms with Crippen molar-refractivity contribution in [3.05, 3.63) is 70.8 Å². The number of aromatic nitrogens is 4. The quantitative estimate of drug-likeness (QED) is 0.447. The molecule has 1 N–H and O–H groups in total. The Bertz CT molecular complexity index is 1360. The van der Waals surface area contributed by atoms with Gasteiger partial charge < -0.3 is 14.8 Å². The summed E-state index contributed by atoms with van der Waals surface area (Å²) in [5.74, 6) is 0.618. The molecule has 176 valence electrons. The summed E-state index contributed by atoms with van der Waals surface area (Å²) in [5.41, 5.74) is 2.97. The number of hydrogen-bond acceptors (Lipinski definition) is 6. The number of anilines is 1. The van der Waals surface area contributed by atoms with Crippen LogP contribution in [0.15, 0.2) is 59.7 Å². The third-order valence-electron chi connectivity index (χ3n) is 5.87. The molecule has 0 aliphatic carbocycles. The molecule has 0 amide bonds. The first-order valence-corrected chi connectivity index (χ1v) is 10.9. The van der Waals surface area contributed by atoms with E-state index in [1.54, 1.807) is 48.4 Å². The monoisotopic (exact) mass is 467 g/mol. The SMILES string of the molecule is Cn1c(=O)c2ccc(-c3cnc(NC4CCOC4)nc3)cc2n1Cc1cccc(OC(F)F)c1. The molecule has 34 heavy (non-hydrogen) atoms. The number of hydrogen-bond donors (Lipinski definition) is 1. The molecule has 1 aliphatic rings. The van der Waals surface area contributed by atoms with Crippen LogP contribution >= 0.6 is 0 Å². The van der Waals surface area contributed by atoms with Gasteiger partial charge in [0.25, 0.3) is 5.56 Å². The highest BCUT2D eigenvalue weighted by Gasteiger charge is 2.17. The maximum Gasteiger partial charge on any atom is 0.387 e. The van der Waals surface area contributed by atoms with Gasteiger partial charge in [0.2, 0.25) is 5.95 Å². The van der Waals surface area contributed by atoms with Crippen molar-refractivity contribution in [2.75, 3.05) is 18.5 Å². The zero-order chi connectivity index (χ0) is 23.7. The van der Waals surface area contributed by atoms with Crippen LogP contribution in [0.1, 0.15) is 12.0 Å². The molecule has 5 rings (SSSR count). The van der Waals surface area contributed by atoms with Crippen molar-refractivity contribution in [3.8, 4) is 16.9 Å². The first-order valence-electron chi connectivity index (χ1n) is 10.9. The average Bonchev–Trinajstić information content (AvgIpc) is 3.42. The summed E-state index contributed by atoms with van der Waals surface area (Å²) in [4.78, 5) is 21.6. The van der Waals surface area contributed by atoms with Crippen LogP contribution in [0.2, 0.25) is 0 Å². The van der Waals surface area contributed by atoms with E-state index in [0.717, 1.165) is 35.2 Å². The number of rotatable bonds is 7. The Labute approximate surface area is 193 Å². The molecule has 3 heterocycles. The molecular weight excluding hydrogens is 444 g/mol.